The molecule has 1 atom stereocenters. The Balaban J connectivity index is 2.37. The summed E-state index contributed by atoms with van der Waals surface area (Å²) in [7, 11) is 0. The fourth-order valence-corrected chi connectivity index (χ4v) is 4.89. The first kappa shape index (κ1) is 11.2. The van der Waals surface area contributed by atoms with Gasteiger partial charge in [-0.15, -0.1) is 0 Å². The van der Waals surface area contributed by atoms with Crippen molar-refractivity contribution in [1.82, 2.24) is 0 Å². The Morgan fingerprint density at radius 1 is 1.40 bits per heavy atom. The first-order valence-electron chi connectivity index (χ1n) is 4.73. The summed E-state index contributed by atoms with van der Waals surface area (Å²) in [4.78, 5) is 0. The molecule has 1 heterocycles. The SMILES string of the molecule is N#Cc1ccc(Br)cc1C1CC=CC[I-]1. The van der Waals surface area contributed by atoms with Crippen LogP contribution in [0.2, 0.25) is 0 Å². The van der Waals surface area contributed by atoms with Crippen molar-refractivity contribution in [2.45, 2.75) is 10.3 Å². The molecule has 2 rings (SSSR count). The van der Waals surface area contributed by atoms with Gasteiger partial charge in [0.15, 0.2) is 0 Å². The van der Waals surface area contributed by atoms with Gasteiger partial charge in [0.2, 0.25) is 0 Å². The van der Waals surface area contributed by atoms with E-state index in [1.807, 2.05) is 12.1 Å². The van der Waals surface area contributed by atoms with E-state index in [1.54, 1.807) is 0 Å². The molecule has 0 radical (unpaired) electrons. The third-order valence-corrected chi connectivity index (χ3v) is 6.10. The Bertz CT molecular complexity index is 434. The van der Waals surface area contributed by atoms with Crippen LogP contribution in [0.15, 0.2) is 34.8 Å². The van der Waals surface area contributed by atoms with Crippen LogP contribution in [0.4, 0.5) is 0 Å². The Labute approximate surface area is 109 Å². The first-order chi connectivity index (χ1) is 7.31. The molecule has 3 heteroatoms. The van der Waals surface area contributed by atoms with Gasteiger partial charge in [-0.1, -0.05) is 0 Å². The summed E-state index contributed by atoms with van der Waals surface area (Å²) in [6.07, 6.45) is 5.63. The molecule has 0 bridgehead atoms. The molecule has 1 unspecified atom stereocenters. The van der Waals surface area contributed by atoms with Crippen LogP contribution < -0.4 is 21.2 Å². The van der Waals surface area contributed by atoms with Crippen molar-refractivity contribution in [2.24, 2.45) is 0 Å². The van der Waals surface area contributed by atoms with E-state index in [4.69, 9.17) is 5.26 Å². The van der Waals surface area contributed by atoms with Gasteiger partial charge >= 0.3 is 109 Å². The summed E-state index contributed by atoms with van der Waals surface area (Å²) in [5.74, 6) is 0. The summed E-state index contributed by atoms with van der Waals surface area (Å²) < 4.78 is 2.94. The summed E-state index contributed by atoms with van der Waals surface area (Å²) >= 11 is 3.65. The molecule has 1 aliphatic rings. The number of hydrogen-bond donors (Lipinski definition) is 0. The average molecular weight is 375 g/mol. The zero-order valence-corrected chi connectivity index (χ0v) is 11.8. The quantitative estimate of drug-likeness (QED) is 0.397. The molecule has 0 spiro atoms. The molecule has 0 aliphatic carbocycles. The van der Waals surface area contributed by atoms with E-state index in [0.29, 0.717) is 3.92 Å². The third kappa shape index (κ3) is 2.61. The number of rotatable bonds is 1. The predicted molar refractivity (Wildman–Crippen MR) is 60.2 cm³/mol. The van der Waals surface area contributed by atoms with Crippen LogP contribution in [0, 0.1) is 11.3 Å². The Kier molecular flexibility index (Phi) is 3.81. The van der Waals surface area contributed by atoms with E-state index in [-0.39, 0.29) is 21.2 Å². The maximum absolute atomic E-state index is 9.07. The van der Waals surface area contributed by atoms with Crippen molar-refractivity contribution >= 4 is 15.9 Å². The summed E-state index contributed by atoms with van der Waals surface area (Å²) in [5.41, 5.74) is 2.09. The minimum absolute atomic E-state index is 0.176. The molecule has 0 fully saturated rings. The molecule has 1 aromatic rings. The molecule has 0 saturated carbocycles. The third-order valence-electron chi connectivity index (χ3n) is 2.35. The molecule has 15 heavy (non-hydrogen) atoms. The summed E-state index contributed by atoms with van der Waals surface area (Å²) in [6.45, 7) is 0. The van der Waals surface area contributed by atoms with E-state index >= 15 is 0 Å². The van der Waals surface area contributed by atoms with Crippen molar-refractivity contribution in [1.29, 1.82) is 5.26 Å². The Hall–Kier alpha value is -0.340. The van der Waals surface area contributed by atoms with Gasteiger partial charge in [-0.2, -0.15) is 0 Å². The Morgan fingerprint density at radius 3 is 2.93 bits per heavy atom. The predicted octanol–water partition coefficient (Wildman–Crippen LogP) is 0.411. The fraction of sp³-hybridized carbons (Fsp3) is 0.250. The van der Waals surface area contributed by atoms with Gasteiger partial charge in [0, 0.05) is 0 Å². The van der Waals surface area contributed by atoms with E-state index in [1.165, 1.54) is 9.99 Å². The van der Waals surface area contributed by atoms with Crippen LogP contribution in [-0.4, -0.2) is 4.43 Å². The topological polar surface area (TPSA) is 23.8 Å². The fourth-order valence-electron chi connectivity index (χ4n) is 1.61. The molecule has 78 valence electrons. The molecule has 0 aromatic heterocycles. The molecule has 1 nitrogen and oxygen atoms in total. The van der Waals surface area contributed by atoms with Crippen molar-refractivity contribution in [3.05, 3.63) is 46.0 Å². The number of alkyl halides is 2. The van der Waals surface area contributed by atoms with Crippen LogP contribution in [0.3, 0.4) is 0 Å². The van der Waals surface area contributed by atoms with Crippen LogP contribution in [0.5, 0.6) is 0 Å². The van der Waals surface area contributed by atoms with Crippen LogP contribution in [-0.2, 0) is 0 Å². The Morgan fingerprint density at radius 2 is 2.27 bits per heavy atom. The number of hydrogen-bond acceptors (Lipinski definition) is 1. The standard InChI is InChI=1S/C12H10BrIN/c13-10-5-4-9(8-15)11(7-10)12-3-1-2-6-14-12/h1-2,4-5,7,12H,3,6H2/q-1. The van der Waals surface area contributed by atoms with Gasteiger partial charge in [0.25, 0.3) is 0 Å². The van der Waals surface area contributed by atoms with Gasteiger partial charge in [-0.3, -0.25) is 0 Å². The normalized spacial score (nSPS) is 20.4. The number of nitriles is 1. The van der Waals surface area contributed by atoms with E-state index in [2.05, 4.69) is 40.2 Å². The first-order valence-corrected chi connectivity index (χ1v) is 8.30. The van der Waals surface area contributed by atoms with Crippen LogP contribution in [0.1, 0.15) is 21.5 Å². The van der Waals surface area contributed by atoms with Crippen molar-refractivity contribution in [3.8, 4) is 6.07 Å². The molecule has 0 saturated heterocycles. The summed E-state index contributed by atoms with van der Waals surface area (Å²) in [5, 5.41) is 9.07. The maximum atomic E-state index is 9.07. The van der Waals surface area contributed by atoms with Crippen LogP contribution in [0.25, 0.3) is 0 Å². The van der Waals surface area contributed by atoms with Gasteiger partial charge < -0.3 is 0 Å². The number of halogens is 2. The minimum atomic E-state index is 0.176. The number of nitrogens with zero attached hydrogens (tertiary/aromatic N) is 1. The molecule has 0 N–H and O–H groups in total. The van der Waals surface area contributed by atoms with Gasteiger partial charge in [-0.05, 0) is 0 Å². The molecular weight excluding hydrogens is 365 g/mol. The van der Waals surface area contributed by atoms with Crippen molar-refractivity contribution < 1.29 is 21.2 Å². The van der Waals surface area contributed by atoms with Crippen molar-refractivity contribution in [3.63, 3.8) is 0 Å². The molecule has 0 amide bonds. The number of benzene rings is 1. The van der Waals surface area contributed by atoms with E-state index in [9.17, 15) is 0 Å². The van der Waals surface area contributed by atoms with Gasteiger partial charge in [0.1, 0.15) is 0 Å². The zero-order chi connectivity index (χ0) is 10.7. The second-order valence-corrected chi connectivity index (χ2v) is 7.51. The average Bonchev–Trinajstić information content (AvgIpc) is 2.30. The van der Waals surface area contributed by atoms with Gasteiger partial charge in [0.05, 0.1) is 0 Å². The molecule has 1 aliphatic heterocycles. The number of allylic oxidation sites excluding steroid dienone is 2. The van der Waals surface area contributed by atoms with Crippen LogP contribution >= 0.6 is 15.9 Å². The van der Waals surface area contributed by atoms with Gasteiger partial charge in [-0.25, -0.2) is 0 Å². The molecule has 1 aromatic carbocycles. The van der Waals surface area contributed by atoms with E-state index in [0.717, 1.165) is 16.5 Å². The summed E-state index contributed by atoms with van der Waals surface area (Å²) in [6, 6.07) is 8.27. The zero-order valence-electron chi connectivity index (χ0n) is 8.08. The monoisotopic (exact) mass is 374 g/mol. The second kappa shape index (κ2) is 5.13. The van der Waals surface area contributed by atoms with Crippen molar-refractivity contribution in [2.75, 3.05) is 4.43 Å². The second-order valence-electron chi connectivity index (χ2n) is 3.33. The van der Waals surface area contributed by atoms with E-state index < -0.39 is 0 Å². The molecular formula is C12H10BrIN-.